The van der Waals surface area contributed by atoms with Crippen molar-refractivity contribution in [3.8, 4) is 16.8 Å². The third kappa shape index (κ3) is 25.4. The Kier molecular flexibility index (Phi) is 47.1. The quantitative estimate of drug-likeness (QED) is 0.0842. The molecule has 628 valence electrons. The van der Waals surface area contributed by atoms with Crippen molar-refractivity contribution in [1.29, 1.82) is 0 Å². The van der Waals surface area contributed by atoms with Gasteiger partial charge in [-0.1, -0.05) is 202 Å². The summed E-state index contributed by atoms with van der Waals surface area (Å²) in [6, 6.07) is 63.2. The fourth-order valence-electron chi connectivity index (χ4n) is 15.7. The van der Waals surface area contributed by atoms with Gasteiger partial charge in [-0.25, -0.2) is 0 Å². The van der Waals surface area contributed by atoms with Gasteiger partial charge in [-0.15, -0.1) is 0 Å². The second-order valence-corrected chi connectivity index (χ2v) is 761. The molecule has 3 heterocycles. The second kappa shape index (κ2) is 48.3. The Labute approximate surface area is 885 Å². The van der Waals surface area contributed by atoms with E-state index in [4.69, 9.17) is 11.6 Å². The molecule has 0 saturated heterocycles. The molecule has 2 fully saturated rings. The fraction of sp³-hybridized carbons (Fsp3) is 0.360. The smallest absolute Gasteiger partial charge is 0.00135 e. The van der Waals surface area contributed by atoms with E-state index in [1.165, 1.54) is 157 Å². The van der Waals surface area contributed by atoms with Gasteiger partial charge in [0.2, 0.25) is 0 Å². The summed E-state index contributed by atoms with van der Waals surface area (Å²) >= 11 is 60.2. The summed E-state index contributed by atoms with van der Waals surface area (Å²) in [4.78, 5) is 5.32. The summed E-state index contributed by atoms with van der Waals surface area (Å²) in [5.74, 6) is 0. The van der Waals surface area contributed by atoms with Crippen LogP contribution in [-0.2, 0) is 28.1 Å². The Hall–Kier alpha value is 16.8. The zero-order valence-corrected chi connectivity index (χ0v) is 131. The van der Waals surface area contributed by atoms with Crippen LogP contribution in [0.25, 0.3) is 38.6 Å². The van der Waals surface area contributed by atoms with Gasteiger partial charge in [-0.2, -0.15) is 0 Å². The van der Waals surface area contributed by atoms with Gasteiger partial charge in [0.15, 0.2) is 0 Å². The van der Waals surface area contributed by atoms with Crippen LogP contribution in [0.5, 0.6) is 0 Å². The number of aryl methyl sites for hydroxylation is 2. The zero-order chi connectivity index (χ0) is 81.1. The van der Waals surface area contributed by atoms with Gasteiger partial charge in [0.1, 0.15) is 0 Å². The summed E-state index contributed by atoms with van der Waals surface area (Å²) in [6.07, 6.45) is 11.2. The summed E-state index contributed by atoms with van der Waals surface area (Å²) < 4.78 is 2.46. The molecular formula is C75H82ClI32N3. The minimum absolute atomic E-state index is 0.0377. The van der Waals surface area contributed by atoms with E-state index in [0.717, 1.165) is 11.4 Å². The van der Waals surface area contributed by atoms with Crippen LogP contribution < -0.4 is 9.80 Å². The predicted molar refractivity (Wildman–Crippen MR) is 788 cm³/mol. The van der Waals surface area contributed by atoms with Crippen LogP contribution in [-0.4, -0.2) is 15.6 Å². The van der Waals surface area contributed by atoms with Gasteiger partial charge in [0, 0.05) is 55.1 Å². The number of fused-ring (bicyclic) bond motifs is 12. The first-order chi connectivity index (χ1) is 52.1. The van der Waals surface area contributed by atoms with Crippen LogP contribution in [0.1, 0.15) is 165 Å². The molecule has 8 aromatic carbocycles. The Bertz CT molecular complexity index is 4610. The molecule has 2 saturated carbocycles. The first kappa shape index (κ1) is 108. The number of halogens is 33. The molecule has 4 atom stereocenters. The predicted octanol–water partition coefficient (Wildman–Crippen LogP) is 49.4. The van der Waals surface area contributed by atoms with Crippen LogP contribution in [0.15, 0.2) is 170 Å². The molecule has 4 unspecified atom stereocenters. The van der Waals surface area contributed by atoms with E-state index in [9.17, 15) is 0 Å². The third-order valence-corrected chi connectivity index (χ3v) is 2330. The summed E-state index contributed by atoms with van der Waals surface area (Å²) in [5.41, 5.74) is 24.0. The number of nitrogens with zero attached hydrogens (tertiary/aromatic N) is 3. The minimum Gasteiger partial charge on any atom is -0.0619 e. The maximum Gasteiger partial charge on any atom is -0.00135 e. The second-order valence-electron chi connectivity index (χ2n) is 29.6. The van der Waals surface area contributed by atoms with Crippen molar-refractivity contribution < 1.29 is 0 Å². The van der Waals surface area contributed by atoms with Crippen molar-refractivity contribution in [3.63, 3.8) is 0 Å². The molecule has 0 amide bonds. The topological polar surface area (TPSA) is 11.4 Å². The van der Waals surface area contributed by atoms with E-state index in [-0.39, 0.29) is 32.7 Å². The van der Waals surface area contributed by atoms with Crippen LogP contribution >= 0.6 is 446 Å². The molecule has 5 aliphatic rings. The Morgan fingerprint density at radius 2 is 0.658 bits per heavy atom. The van der Waals surface area contributed by atoms with Crippen molar-refractivity contribution >= 4 is 491 Å². The number of rotatable bonds is 17. The van der Waals surface area contributed by atoms with Crippen LogP contribution in [0.2, 0.25) is 5.02 Å². The van der Waals surface area contributed by atoms with Gasteiger partial charge >= 0.3 is 435 Å². The summed E-state index contributed by atoms with van der Waals surface area (Å²) in [6.45, 7) is 28.4. The third-order valence-electron chi connectivity index (χ3n) is 21.2. The maximum absolute atomic E-state index is 6.47. The van der Waals surface area contributed by atoms with E-state index in [1.807, 2.05) is 6.07 Å². The average molecular weight is 5120 g/mol. The molecule has 0 spiro atoms. The first-order valence-corrected chi connectivity index (χ1v) is 229. The van der Waals surface area contributed by atoms with Crippen molar-refractivity contribution in [2.75, 3.05) is 9.80 Å². The minimum atomic E-state index is -0.501. The van der Waals surface area contributed by atoms with E-state index in [0.29, 0.717) is 0 Å². The molecule has 1 aromatic heterocycles. The largest absolute Gasteiger partial charge is 0.0619 e. The number of para-hydroxylation sites is 2. The van der Waals surface area contributed by atoms with Crippen LogP contribution in [0.3, 0.4) is 0 Å². The molecule has 3 nitrogen and oxygen atoms in total. The SMILES string of the molecule is Cc1cc(Cl)cc(N2c3ccc(C(C)(C)C)cc3C3(C)CCCCC23C)c1.Cc1cc(N2c3ccc(C(C)(C)C)cc3C3(C)CCCCC23C)cc(-n2c3ccccc3c3ccccc32)c1.II(I)I(I)I(I)I(I)I(I)I(I)I(I)I(I)I(I)I(I)I(I)I(I)I(I)I(I)I(I)I.c1ccc2c(c1)Cc1ccccc1-2. The van der Waals surface area contributed by atoms with Crippen molar-refractivity contribution in [2.45, 2.75) is 174 Å². The Morgan fingerprint density at radius 1 is 0.342 bits per heavy atom. The molecule has 9 aromatic rings. The van der Waals surface area contributed by atoms with Gasteiger partial charge in [0.25, 0.3) is 0 Å². The molecule has 3 aliphatic carbocycles. The first-order valence-electron chi connectivity index (χ1n) is 34.0. The molecule has 111 heavy (non-hydrogen) atoms. The van der Waals surface area contributed by atoms with Crippen molar-refractivity contribution in [3.05, 3.63) is 219 Å². The van der Waals surface area contributed by atoms with Gasteiger partial charge < -0.3 is 14.4 Å². The standard InChI is InChI=1S/C37H40N2.C25H32ClN.C13H10.I32/c1-25-21-27(38-32-15-9-7-13-29(32)30-14-8-10-16-33(30)38)24-28(22-25)39-34-18-17-26(35(2,3)4)23-31(34)36(5)19-11-12-20-37(36,39)6;1-17-13-19(26)16-20(14-17)27-22-10-9-18(23(2,3)4)15-21(22)24(5)11-7-8-12-25(24,27)6;1-3-7-12-10(5-1)9-11-6-2-4-8-13(11)12;1-18(2)20(5)22(7)24(9)26(11)28(13)30(15)32(17)31(16)29(14)27(12)25(10)23(8)21(6)19(3)4/h7-10,13-18,21-24H,11-12,19-20H2,1-6H3;9-10,13-16H,7-8,11-12H2,1-6H3;1-8H,9H2;. The van der Waals surface area contributed by atoms with Crippen molar-refractivity contribution in [1.82, 2.24) is 4.57 Å². The number of aromatic nitrogens is 1. The Morgan fingerprint density at radius 3 is 1.02 bits per heavy atom. The monoisotopic (exact) mass is 5120 g/mol. The number of benzene rings is 8. The Balaban J connectivity index is 0.000000154. The number of hydrogen-bond donors (Lipinski definition) is 0. The summed E-state index contributed by atoms with van der Waals surface area (Å²) in [5, 5.41) is 3.44. The molecule has 36 heteroatoms. The molecule has 0 radical (unpaired) electrons. The zero-order valence-electron chi connectivity index (χ0n) is 61.3. The van der Waals surface area contributed by atoms with Crippen LogP contribution in [0, 0.1) is 13.8 Å². The number of anilines is 4. The van der Waals surface area contributed by atoms with Gasteiger partial charge in [-0.05, 0) is 187 Å². The molecule has 0 bridgehead atoms. The fourth-order valence-corrected chi connectivity index (χ4v) is 5460. The normalized spacial score (nSPS) is 21.5. The van der Waals surface area contributed by atoms with E-state index < -0.39 is 118 Å². The van der Waals surface area contributed by atoms with E-state index >= 15 is 0 Å². The van der Waals surface area contributed by atoms with Gasteiger partial charge in [0.05, 0.1) is 22.1 Å². The maximum atomic E-state index is 6.47. The van der Waals surface area contributed by atoms with Crippen molar-refractivity contribution in [2.24, 2.45) is 0 Å². The summed E-state index contributed by atoms with van der Waals surface area (Å²) in [7, 11) is -7.10. The van der Waals surface area contributed by atoms with E-state index in [1.54, 1.807) is 0 Å². The van der Waals surface area contributed by atoms with Crippen LogP contribution in [0.4, 0.5) is 22.7 Å². The number of hydrogen-bond acceptors (Lipinski definition) is 2. The molecule has 2 aliphatic heterocycles. The van der Waals surface area contributed by atoms with E-state index in [2.05, 4.69) is 578 Å². The molecular weight excluding hydrogens is 5040 g/mol. The average Bonchev–Trinajstić information content (AvgIpc) is 1.54. The van der Waals surface area contributed by atoms with Gasteiger partial charge in [-0.3, -0.25) is 0 Å². The molecule has 0 N–H and O–H groups in total. The molecule has 14 rings (SSSR count).